The van der Waals surface area contributed by atoms with E-state index in [1.165, 1.54) is 0 Å². The van der Waals surface area contributed by atoms with Crippen molar-refractivity contribution in [2.24, 2.45) is 0 Å². The molecule has 3 amide bonds. The molecule has 29 heavy (non-hydrogen) atoms. The number of methoxy groups -OCH3 is 1. The van der Waals surface area contributed by atoms with Crippen LogP contribution in [0.15, 0.2) is 48.5 Å². The van der Waals surface area contributed by atoms with Crippen molar-refractivity contribution in [2.45, 2.75) is 6.92 Å². The molecular weight excluding hydrogens is 372 g/mol. The van der Waals surface area contributed by atoms with Crippen molar-refractivity contribution < 1.29 is 19.1 Å². The molecule has 154 valence electrons. The molecule has 0 saturated heterocycles. The predicted octanol–water partition coefficient (Wildman–Crippen LogP) is 1.95. The number of anilines is 2. The summed E-state index contributed by atoms with van der Waals surface area (Å²) in [6.07, 6.45) is 0. The van der Waals surface area contributed by atoms with E-state index >= 15 is 0 Å². The van der Waals surface area contributed by atoms with Gasteiger partial charge in [0.05, 0.1) is 20.2 Å². The Kier molecular flexibility index (Phi) is 8.17. The molecule has 0 aliphatic carbocycles. The molecule has 0 unspecified atom stereocenters. The first kappa shape index (κ1) is 21.9. The van der Waals surface area contributed by atoms with Crippen molar-refractivity contribution >= 4 is 29.1 Å². The van der Waals surface area contributed by atoms with Crippen molar-refractivity contribution in [2.75, 3.05) is 44.4 Å². The SMILES string of the molecule is CCNC(=O)c1cccc(NC(=O)CN(C)CC(=O)Nc2ccc(OC)cc2)c1. The van der Waals surface area contributed by atoms with Gasteiger partial charge in [-0.2, -0.15) is 0 Å². The van der Waals surface area contributed by atoms with E-state index in [9.17, 15) is 14.4 Å². The van der Waals surface area contributed by atoms with E-state index in [0.29, 0.717) is 29.2 Å². The molecule has 8 heteroatoms. The summed E-state index contributed by atoms with van der Waals surface area (Å²) in [7, 11) is 3.25. The quantitative estimate of drug-likeness (QED) is 0.600. The van der Waals surface area contributed by atoms with Crippen LogP contribution in [0.2, 0.25) is 0 Å². The lowest BCUT2D eigenvalue weighted by molar-refractivity contribution is -0.119. The second kappa shape index (κ2) is 10.8. The maximum atomic E-state index is 12.2. The second-order valence-corrected chi connectivity index (χ2v) is 6.44. The molecule has 2 aromatic rings. The zero-order chi connectivity index (χ0) is 21.2. The number of benzene rings is 2. The number of hydrogen-bond acceptors (Lipinski definition) is 5. The first-order valence-electron chi connectivity index (χ1n) is 9.21. The Bertz CT molecular complexity index is 852. The van der Waals surface area contributed by atoms with E-state index in [1.807, 2.05) is 6.92 Å². The molecule has 0 aliphatic rings. The first-order valence-corrected chi connectivity index (χ1v) is 9.21. The molecular formula is C21H26N4O4. The Labute approximate surface area is 170 Å². The van der Waals surface area contributed by atoms with Gasteiger partial charge in [0, 0.05) is 23.5 Å². The van der Waals surface area contributed by atoms with Gasteiger partial charge in [-0.3, -0.25) is 19.3 Å². The van der Waals surface area contributed by atoms with Gasteiger partial charge in [0.25, 0.3) is 5.91 Å². The van der Waals surface area contributed by atoms with Gasteiger partial charge in [-0.25, -0.2) is 0 Å². The summed E-state index contributed by atoms with van der Waals surface area (Å²) in [6.45, 7) is 2.45. The molecule has 0 atom stereocenters. The average Bonchev–Trinajstić information content (AvgIpc) is 2.68. The number of nitrogens with zero attached hydrogens (tertiary/aromatic N) is 1. The van der Waals surface area contributed by atoms with Gasteiger partial charge in [0.15, 0.2) is 0 Å². The topological polar surface area (TPSA) is 99.8 Å². The third kappa shape index (κ3) is 7.27. The smallest absolute Gasteiger partial charge is 0.251 e. The highest BCUT2D eigenvalue weighted by atomic mass is 16.5. The molecule has 8 nitrogen and oxygen atoms in total. The summed E-state index contributed by atoms with van der Waals surface area (Å²) < 4.78 is 5.08. The van der Waals surface area contributed by atoms with Crippen molar-refractivity contribution in [3.63, 3.8) is 0 Å². The summed E-state index contributed by atoms with van der Waals surface area (Å²) in [5, 5.41) is 8.22. The minimum atomic E-state index is -0.280. The summed E-state index contributed by atoms with van der Waals surface area (Å²) in [5.74, 6) is -0.00884. The third-order valence-corrected chi connectivity index (χ3v) is 3.95. The summed E-state index contributed by atoms with van der Waals surface area (Å²) in [5.41, 5.74) is 1.64. The van der Waals surface area contributed by atoms with Crippen LogP contribution in [0.1, 0.15) is 17.3 Å². The summed E-state index contributed by atoms with van der Waals surface area (Å²) in [4.78, 5) is 37.9. The third-order valence-electron chi connectivity index (χ3n) is 3.95. The van der Waals surface area contributed by atoms with Crippen LogP contribution in [0.25, 0.3) is 0 Å². The largest absolute Gasteiger partial charge is 0.497 e. The number of ether oxygens (including phenoxy) is 1. The van der Waals surface area contributed by atoms with Crippen LogP contribution in [0.5, 0.6) is 5.75 Å². The fourth-order valence-electron chi connectivity index (χ4n) is 2.62. The number of carbonyl (C=O) groups excluding carboxylic acids is 3. The standard InChI is InChI=1S/C21H26N4O4/c1-4-22-21(28)15-6-5-7-17(12-15)24-20(27)14-25(2)13-19(26)23-16-8-10-18(29-3)11-9-16/h5-12H,4,13-14H2,1-3H3,(H,22,28)(H,23,26)(H,24,27). The van der Waals surface area contributed by atoms with Gasteiger partial charge in [0.1, 0.15) is 5.75 Å². The van der Waals surface area contributed by atoms with E-state index in [-0.39, 0.29) is 30.8 Å². The molecule has 2 aromatic carbocycles. The van der Waals surface area contributed by atoms with Crippen molar-refractivity contribution in [1.82, 2.24) is 10.2 Å². The van der Waals surface area contributed by atoms with Gasteiger partial charge >= 0.3 is 0 Å². The van der Waals surface area contributed by atoms with Crippen LogP contribution in [0, 0.1) is 0 Å². The van der Waals surface area contributed by atoms with Crippen LogP contribution in [0.3, 0.4) is 0 Å². The molecule has 0 heterocycles. The molecule has 0 bridgehead atoms. The molecule has 0 saturated carbocycles. The number of rotatable bonds is 9. The van der Waals surface area contributed by atoms with E-state index in [1.54, 1.807) is 67.6 Å². The number of nitrogens with one attached hydrogen (secondary N) is 3. The maximum Gasteiger partial charge on any atom is 0.251 e. The predicted molar refractivity (Wildman–Crippen MR) is 112 cm³/mol. The van der Waals surface area contributed by atoms with Gasteiger partial charge in [-0.15, -0.1) is 0 Å². The molecule has 0 aliphatic heterocycles. The highest BCUT2D eigenvalue weighted by Gasteiger charge is 2.12. The van der Waals surface area contributed by atoms with Gasteiger partial charge < -0.3 is 20.7 Å². The van der Waals surface area contributed by atoms with Gasteiger partial charge in [-0.1, -0.05) is 6.07 Å². The molecule has 0 radical (unpaired) electrons. The van der Waals surface area contributed by atoms with Crippen LogP contribution >= 0.6 is 0 Å². The molecule has 0 spiro atoms. The summed E-state index contributed by atoms with van der Waals surface area (Å²) >= 11 is 0. The molecule has 2 rings (SSSR count). The Morgan fingerprint density at radius 3 is 2.14 bits per heavy atom. The normalized spacial score (nSPS) is 10.3. The zero-order valence-electron chi connectivity index (χ0n) is 16.8. The van der Waals surface area contributed by atoms with E-state index in [4.69, 9.17) is 4.74 Å². The highest BCUT2D eigenvalue weighted by Crippen LogP contribution is 2.15. The molecule has 0 aromatic heterocycles. The minimum Gasteiger partial charge on any atom is -0.497 e. The first-order chi connectivity index (χ1) is 13.9. The lowest BCUT2D eigenvalue weighted by atomic mass is 10.2. The summed E-state index contributed by atoms with van der Waals surface area (Å²) in [6, 6.07) is 13.7. The zero-order valence-corrected chi connectivity index (χ0v) is 16.8. The minimum absolute atomic E-state index is 0.0292. The second-order valence-electron chi connectivity index (χ2n) is 6.44. The van der Waals surface area contributed by atoms with Crippen LogP contribution in [-0.2, 0) is 9.59 Å². The lowest BCUT2D eigenvalue weighted by Gasteiger charge is -2.16. The Hall–Kier alpha value is -3.39. The van der Waals surface area contributed by atoms with Crippen molar-refractivity contribution in [1.29, 1.82) is 0 Å². The molecule has 0 fully saturated rings. The average molecular weight is 398 g/mol. The van der Waals surface area contributed by atoms with E-state index in [2.05, 4.69) is 16.0 Å². The fraction of sp³-hybridized carbons (Fsp3) is 0.286. The Balaban J connectivity index is 1.83. The number of amides is 3. The lowest BCUT2D eigenvalue weighted by Crippen LogP contribution is -2.36. The van der Waals surface area contributed by atoms with E-state index in [0.717, 1.165) is 0 Å². The highest BCUT2D eigenvalue weighted by molar-refractivity contribution is 5.98. The number of carbonyl (C=O) groups is 3. The van der Waals surface area contributed by atoms with Crippen molar-refractivity contribution in [3.05, 3.63) is 54.1 Å². The van der Waals surface area contributed by atoms with Crippen LogP contribution < -0.4 is 20.7 Å². The Morgan fingerprint density at radius 2 is 1.55 bits per heavy atom. The van der Waals surface area contributed by atoms with Gasteiger partial charge in [0.2, 0.25) is 11.8 Å². The van der Waals surface area contributed by atoms with Crippen molar-refractivity contribution in [3.8, 4) is 5.75 Å². The van der Waals surface area contributed by atoms with Crippen LogP contribution in [-0.4, -0.2) is 56.4 Å². The Morgan fingerprint density at radius 1 is 0.931 bits per heavy atom. The maximum absolute atomic E-state index is 12.2. The van der Waals surface area contributed by atoms with Gasteiger partial charge in [-0.05, 0) is 56.4 Å². The monoisotopic (exact) mass is 398 g/mol. The fourth-order valence-corrected chi connectivity index (χ4v) is 2.62. The molecule has 3 N–H and O–H groups in total. The number of hydrogen-bond donors (Lipinski definition) is 3. The van der Waals surface area contributed by atoms with E-state index < -0.39 is 0 Å². The van der Waals surface area contributed by atoms with Crippen LogP contribution in [0.4, 0.5) is 11.4 Å². The number of likely N-dealkylation sites (N-methyl/N-ethyl adjacent to an activating group) is 1.